The molecule has 0 bridgehead atoms. The van der Waals surface area contributed by atoms with Gasteiger partial charge in [0.25, 0.3) is 5.91 Å². The number of hydrogen-bond donors (Lipinski definition) is 2. The predicted octanol–water partition coefficient (Wildman–Crippen LogP) is 2.57. The van der Waals surface area contributed by atoms with Crippen LogP contribution in [0.2, 0.25) is 0 Å². The maximum absolute atomic E-state index is 12.7. The first kappa shape index (κ1) is 17.2. The van der Waals surface area contributed by atoms with Crippen molar-refractivity contribution in [1.82, 2.24) is 15.1 Å². The van der Waals surface area contributed by atoms with Gasteiger partial charge >= 0.3 is 0 Å². The highest BCUT2D eigenvalue weighted by Crippen LogP contribution is 2.35. The van der Waals surface area contributed by atoms with E-state index in [4.69, 9.17) is 10.4 Å². The smallest absolute Gasteiger partial charge is 0.269 e. The molecule has 2 aromatic rings. The van der Waals surface area contributed by atoms with E-state index in [1.165, 1.54) is 0 Å². The third-order valence-corrected chi connectivity index (χ3v) is 4.63. The molecule has 1 aromatic heterocycles. The van der Waals surface area contributed by atoms with Crippen molar-refractivity contribution in [2.75, 3.05) is 6.54 Å². The van der Waals surface area contributed by atoms with Gasteiger partial charge < -0.3 is 10.4 Å². The minimum Gasteiger partial charge on any atom is -0.392 e. The SMILES string of the molecule is Cc1c(-c2ccc(C#N)cc2)nn(C2CCC2)c1C(=O)NC[C@H](C)O. The fourth-order valence-electron chi connectivity index (χ4n) is 2.99. The topological polar surface area (TPSA) is 90.9 Å². The minimum atomic E-state index is -0.595. The van der Waals surface area contributed by atoms with Crippen molar-refractivity contribution in [3.63, 3.8) is 0 Å². The Balaban J connectivity index is 1.99. The molecule has 6 heteroatoms. The number of aliphatic hydroxyl groups excluding tert-OH is 1. The normalized spacial score (nSPS) is 15.3. The van der Waals surface area contributed by atoms with E-state index in [0.29, 0.717) is 11.3 Å². The van der Waals surface area contributed by atoms with Crippen LogP contribution in [0.5, 0.6) is 0 Å². The Morgan fingerprint density at radius 1 is 1.44 bits per heavy atom. The van der Waals surface area contributed by atoms with Crippen LogP contribution in [-0.2, 0) is 0 Å². The fourth-order valence-corrected chi connectivity index (χ4v) is 2.99. The number of nitriles is 1. The summed E-state index contributed by atoms with van der Waals surface area (Å²) in [6.45, 7) is 3.74. The number of nitrogens with zero attached hydrogens (tertiary/aromatic N) is 3. The van der Waals surface area contributed by atoms with Gasteiger partial charge in [-0.3, -0.25) is 9.48 Å². The van der Waals surface area contributed by atoms with E-state index in [0.717, 1.165) is 36.1 Å². The highest BCUT2D eigenvalue weighted by molar-refractivity contribution is 5.95. The van der Waals surface area contributed by atoms with Gasteiger partial charge in [-0.1, -0.05) is 12.1 Å². The Bertz CT molecular complexity index is 811. The van der Waals surface area contributed by atoms with Crippen LogP contribution in [0.25, 0.3) is 11.3 Å². The zero-order valence-corrected chi connectivity index (χ0v) is 14.5. The lowest BCUT2D eigenvalue weighted by atomic mass is 9.93. The van der Waals surface area contributed by atoms with E-state index >= 15 is 0 Å². The summed E-state index contributed by atoms with van der Waals surface area (Å²) in [5, 5.41) is 25.9. The van der Waals surface area contributed by atoms with Crippen molar-refractivity contribution in [3.05, 3.63) is 41.1 Å². The molecule has 1 aliphatic carbocycles. The van der Waals surface area contributed by atoms with Crippen LogP contribution in [0.3, 0.4) is 0 Å². The first-order chi connectivity index (χ1) is 12.0. The second-order valence-corrected chi connectivity index (χ2v) is 6.60. The largest absolute Gasteiger partial charge is 0.392 e. The highest BCUT2D eigenvalue weighted by atomic mass is 16.3. The number of hydrogen-bond acceptors (Lipinski definition) is 4. The molecule has 2 N–H and O–H groups in total. The number of aliphatic hydroxyl groups is 1. The van der Waals surface area contributed by atoms with Gasteiger partial charge in [-0.25, -0.2) is 0 Å². The Morgan fingerprint density at radius 3 is 2.64 bits per heavy atom. The third-order valence-electron chi connectivity index (χ3n) is 4.63. The molecule has 6 nitrogen and oxygen atoms in total. The fraction of sp³-hybridized carbons (Fsp3) is 0.421. The van der Waals surface area contributed by atoms with Crippen LogP contribution in [0.1, 0.15) is 53.8 Å². The molecule has 1 atom stereocenters. The van der Waals surface area contributed by atoms with Crippen molar-refractivity contribution in [1.29, 1.82) is 5.26 Å². The Morgan fingerprint density at radius 2 is 2.12 bits per heavy atom. The van der Waals surface area contributed by atoms with Gasteiger partial charge in [0.1, 0.15) is 5.69 Å². The monoisotopic (exact) mass is 338 g/mol. The molecule has 1 aromatic carbocycles. The zero-order chi connectivity index (χ0) is 18.0. The summed E-state index contributed by atoms with van der Waals surface area (Å²) in [4.78, 5) is 12.7. The van der Waals surface area contributed by atoms with Gasteiger partial charge in [0.2, 0.25) is 0 Å². The predicted molar refractivity (Wildman–Crippen MR) is 94.0 cm³/mol. The molecule has 25 heavy (non-hydrogen) atoms. The summed E-state index contributed by atoms with van der Waals surface area (Å²) in [6, 6.07) is 9.58. The van der Waals surface area contributed by atoms with Crippen molar-refractivity contribution in [2.45, 2.75) is 45.3 Å². The molecule has 1 amide bonds. The van der Waals surface area contributed by atoms with E-state index in [2.05, 4.69) is 11.4 Å². The number of carbonyl (C=O) groups excluding carboxylic acids is 1. The summed E-state index contributed by atoms with van der Waals surface area (Å²) in [5.74, 6) is -0.210. The molecule has 1 heterocycles. The maximum Gasteiger partial charge on any atom is 0.269 e. The molecule has 0 radical (unpaired) electrons. The quantitative estimate of drug-likeness (QED) is 0.876. The van der Waals surface area contributed by atoms with E-state index in [9.17, 15) is 9.90 Å². The molecule has 0 spiro atoms. The highest BCUT2D eigenvalue weighted by Gasteiger charge is 2.29. The Labute approximate surface area is 147 Å². The average molecular weight is 338 g/mol. The van der Waals surface area contributed by atoms with Crippen molar-refractivity contribution >= 4 is 5.91 Å². The van der Waals surface area contributed by atoms with E-state index < -0.39 is 6.10 Å². The Kier molecular flexibility index (Phi) is 4.86. The van der Waals surface area contributed by atoms with E-state index in [1.807, 2.05) is 23.7 Å². The maximum atomic E-state index is 12.7. The molecular formula is C19H22N4O2. The number of benzene rings is 1. The lowest BCUT2D eigenvalue weighted by Gasteiger charge is -2.27. The molecule has 1 aliphatic rings. The van der Waals surface area contributed by atoms with Crippen LogP contribution in [0, 0.1) is 18.3 Å². The molecule has 130 valence electrons. The number of amides is 1. The van der Waals surface area contributed by atoms with E-state index in [1.54, 1.807) is 19.1 Å². The minimum absolute atomic E-state index is 0.209. The molecule has 1 saturated carbocycles. The second kappa shape index (κ2) is 7.08. The first-order valence-corrected chi connectivity index (χ1v) is 8.57. The third kappa shape index (κ3) is 3.42. The number of rotatable bonds is 5. The van der Waals surface area contributed by atoms with Crippen LogP contribution in [-0.4, -0.2) is 33.4 Å². The van der Waals surface area contributed by atoms with Crippen LogP contribution in [0.15, 0.2) is 24.3 Å². The average Bonchev–Trinajstić information content (AvgIpc) is 2.88. The second-order valence-electron chi connectivity index (χ2n) is 6.60. The van der Waals surface area contributed by atoms with Gasteiger partial charge in [0.05, 0.1) is 29.5 Å². The summed E-state index contributed by atoms with van der Waals surface area (Å²) in [6.07, 6.45) is 2.59. The lowest BCUT2D eigenvalue weighted by Crippen LogP contribution is -2.34. The van der Waals surface area contributed by atoms with Crippen molar-refractivity contribution in [3.8, 4) is 17.3 Å². The molecule has 0 aliphatic heterocycles. The van der Waals surface area contributed by atoms with Crippen LogP contribution < -0.4 is 5.32 Å². The summed E-state index contributed by atoms with van der Waals surface area (Å²) in [7, 11) is 0. The van der Waals surface area contributed by atoms with Crippen LogP contribution in [0.4, 0.5) is 0 Å². The van der Waals surface area contributed by atoms with Gasteiger partial charge in [-0.2, -0.15) is 10.4 Å². The number of nitrogens with one attached hydrogen (secondary N) is 1. The zero-order valence-electron chi connectivity index (χ0n) is 14.5. The van der Waals surface area contributed by atoms with Gasteiger partial charge in [0.15, 0.2) is 0 Å². The van der Waals surface area contributed by atoms with Gasteiger partial charge in [-0.05, 0) is 45.2 Å². The number of aromatic nitrogens is 2. The van der Waals surface area contributed by atoms with Crippen molar-refractivity contribution < 1.29 is 9.90 Å². The molecule has 0 unspecified atom stereocenters. The van der Waals surface area contributed by atoms with E-state index in [-0.39, 0.29) is 18.5 Å². The standard InChI is InChI=1S/C19H22N4O2/c1-12(24)11-21-19(25)18-13(2)17(22-23(18)16-4-3-5-16)15-8-6-14(10-20)7-9-15/h6-9,12,16,24H,3-5,11H2,1-2H3,(H,21,25)/t12-/m0/s1. The molecule has 3 rings (SSSR count). The first-order valence-electron chi connectivity index (χ1n) is 8.57. The number of carbonyl (C=O) groups is 1. The molecule has 0 saturated heterocycles. The summed E-state index contributed by atoms with van der Waals surface area (Å²) in [5.41, 5.74) is 3.62. The van der Waals surface area contributed by atoms with Crippen LogP contribution >= 0.6 is 0 Å². The summed E-state index contributed by atoms with van der Waals surface area (Å²) < 4.78 is 1.84. The summed E-state index contributed by atoms with van der Waals surface area (Å²) >= 11 is 0. The Hall–Kier alpha value is -2.65. The van der Waals surface area contributed by atoms with Gasteiger partial charge in [-0.15, -0.1) is 0 Å². The molecule has 1 fully saturated rings. The van der Waals surface area contributed by atoms with Crippen molar-refractivity contribution in [2.24, 2.45) is 0 Å². The molecular weight excluding hydrogens is 316 g/mol. The lowest BCUT2D eigenvalue weighted by molar-refractivity contribution is 0.0905. The van der Waals surface area contributed by atoms with Gasteiger partial charge in [0, 0.05) is 17.7 Å².